The molecule has 0 saturated carbocycles. The normalized spacial score (nSPS) is 10.0. The molecule has 1 heterocycles. The number of nitrogens with one attached hydrogen (secondary N) is 3. The molecule has 0 bridgehead atoms. The monoisotopic (exact) mass is 379 g/mol. The number of amides is 2. The lowest BCUT2D eigenvalue weighted by Gasteiger charge is -2.07. The van der Waals surface area contributed by atoms with Gasteiger partial charge in [0, 0.05) is 29.0 Å². The smallest absolute Gasteiger partial charge is 0.355 e. The van der Waals surface area contributed by atoms with Gasteiger partial charge in [-0.15, -0.1) is 0 Å². The van der Waals surface area contributed by atoms with Crippen molar-refractivity contribution in [2.45, 2.75) is 0 Å². The van der Waals surface area contributed by atoms with Crippen LogP contribution in [-0.4, -0.2) is 36.4 Å². The summed E-state index contributed by atoms with van der Waals surface area (Å²) in [4.78, 5) is 37.7. The van der Waals surface area contributed by atoms with Gasteiger partial charge in [-0.2, -0.15) is 0 Å². The minimum Gasteiger partial charge on any atom is -0.451 e. The van der Waals surface area contributed by atoms with Gasteiger partial charge in [0.1, 0.15) is 5.69 Å². The van der Waals surface area contributed by atoms with Gasteiger partial charge in [-0.3, -0.25) is 9.59 Å². The van der Waals surface area contributed by atoms with E-state index in [0.717, 1.165) is 0 Å². The molecule has 1 aromatic carbocycles. The van der Waals surface area contributed by atoms with Crippen molar-refractivity contribution in [2.24, 2.45) is 0 Å². The Balaban J connectivity index is 1.90. The first kappa shape index (κ1) is 16.8. The van der Waals surface area contributed by atoms with Crippen LogP contribution in [0.4, 0.5) is 5.69 Å². The molecule has 120 valence electrons. The van der Waals surface area contributed by atoms with E-state index in [0.29, 0.717) is 15.7 Å². The number of esters is 1. The maximum Gasteiger partial charge on any atom is 0.355 e. The molecular formula is C15H14BrN3O4. The summed E-state index contributed by atoms with van der Waals surface area (Å²) in [5, 5.41) is 5.05. The second-order valence-electron chi connectivity index (χ2n) is 4.52. The van der Waals surface area contributed by atoms with Crippen LogP contribution < -0.4 is 10.6 Å². The first-order valence-corrected chi connectivity index (χ1v) is 7.42. The Labute approximate surface area is 140 Å². The van der Waals surface area contributed by atoms with Gasteiger partial charge in [0.15, 0.2) is 6.61 Å². The number of carbonyl (C=O) groups excluding carboxylic acids is 3. The maximum absolute atomic E-state index is 11.8. The molecule has 7 nitrogen and oxygen atoms in total. The van der Waals surface area contributed by atoms with Crippen molar-refractivity contribution < 1.29 is 19.1 Å². The van der Waals surface area contributed by atoms with Crippen LogP contribution in [0.5, 0.6) is 0 Å². The minimum atomic E-state index is -0.634. The first-order valence-electron chi connectivity index (χ1n) is 6.62. The predicted octanol–water partition coefficient (Wildman–Crippen LogP) is 1.93. The van der Waals surface area contributed by atoms with Crippen molar-refractivity contribution >= 4 is 39.4 Å². The number of aromatic nitrogens is 1. The molecule has 0 radical (unpaired) electrons. The molecule has 2 rings (SSSR count). The molecule has 2 aromatic rings. The topological polar surface area (TPSA) is 100 Å². The van der Waals surface area contributed by atoms with Gasteiger partial charge in [-0.05, 0) is 40.2 Å². The van der Waals surface area contributed by atoms with Gasteiger partial charge >= 0.3 is 5.97 Å². The lowest BCUT2D eigenvalue weighted by atomic mass is 10.2. The highest BCUT2D eigenvalue weighted by molar-refractivity contribution is 9.10. The summed E-state index contributed by atoms with van der Waals surface area (Å²) in [5.41, 5.74) is 1.10. The van der Waals surface area contributed by atoms with Crippen molar-refractivity contribution in [2.75, 3.05) is 19.0 Å². The summed E-state index contributed by atoms with van der Waals surface area (Å²) in [6.45, 7) is -0.431. The van der Waals surface area contributed by atoms with E-state index in [1.807, 2.05) is 0 Å². The highest BCUT2D eigenvalue weighted by Gasteiger charge is 2.12. The zero-order valence-corrected chi connectivity index (χ0v) is 13.8. The standard InChI is InChI=1S/C15H14BrN3O4/c1-17-14(21)9-3-2-4-11(5-9)19-13(20)8-23-15(22)12-6-10(16)7-18-12/h2-7,18H,8H2,1H3,(H,17,21)(H,19,20). The van der Waals surface area contributed by atoms with Crippen LogP contribution in [0.15, 0.2) is 41.0 Å². The third-order valence-corrected chi connectivity index (χ3v) is 3.30. The van der Waals surface area contributed by atoms with Gasteiger partial charge in [0.05, 0.1) is 0 Å². The fourth-order valence-corrected chi connectivity index (χ4v) is 2.12. The van der Waals surface area contributed by atoms with E-state index in [1.165, 1.54) is 13.1 Å². The zero-order chi connectivity index (χ0) is 16.8. The SMILES string of the molecule is CNC(=O)c1cccc(NC(=O)COC(=O)c2cc(Br)c[nH]2)c1. The number of rotatable bonds is 5. The number of hydrogen-bond acceptors (Lipinski definition) is 4. The van der Waals surface area contributed by atoms with E-state index < -0.39 is 18.5 Å². The highest BCUT2D eigenvalue weighted by Crippen LogP contribution is 2.12. The van der Waals surface area contributed by atoms with Crippen LogP contribution >= 0.6 is 15.9 Å². The van der Waals surface area contributed by atoms with Crippen LogP contribution in [0.1, 0.15) is 20.8 Å². The van der Waals surface area contributed by atoms with Gasteiger partial charge in [0.25, 0.3) is 11.8 Å². The molecule has 0 spiro atoms. The van der Waals surface area contributed by atoms with Crippen molar-refractivity contribution in [3.8, 4) is 0 Å². The average molecular weight is 380 g/mol. The molecule has 1 aromatic heterocycles. The van der Waals surface area contributed by atoms with Crippen LogP contribution in [-0.2, 0) is 9.53 Å². The number of ether oxygens (including phenoxy) is 1. The number of halogens is 1. The molecule has 0 aliphatic rings. The Hall–Kier alpha value is -2.61. The third-order valence-electron chi connectivity index (χ3n) is 2.84. The average Bonchev–Trinajstić information content (AvgIpc) is 2.98. The summed E-state index contributed by atoms with van der Waals surface area (Å²) >= 11 is 3.20. The van der Waals surface area contributed by atoms with E-state index in [4.69, 9.17) is 4.74 Å². The molecular weight excluding hydrogens is 366 g/mol. The molecule has 3 N–H and O–H groups in total. The summed E-state index contributed by atoms with van der Waals surface area (Å²) in [6.07, 6.45) is 1.58. The van der Waals surface area contributed by atoms with E-state index in [1.54, 1.807) is 30.5 Å². The Bertz CT molecular complexity index is 742. The second kappa shape index (κ2) is 7.59. The Morgan fingerprint density at radius 2 is 2.04 bits per heavy atom. The van der Waals surface area contributed by atoms with E-state index >= 15 is 0 Å². The van der Waals surface area contributed by atoms with Gasteiger partial charge in [-0.25, -0.2) is 4.79 Å². The lowest BCUT2D eigenvalue weighted by Crippen LogP contribution is -2.22. The van der Waals surface area contributed by atoms with Crippen LogP contribution in [0.25, 0.3) is 0 Å². The first-order chi connectivity index (χ1) is 11.0. The minimum absolute atomic E-state index is 0.242. The van der Waals surface area contributed by atoms with Crippen LogP contribution in [0.2, 0.25) is 0 Å². The van der Waals surface area contributed by atoms with E-state index in [9.17, 15) is 14.4 Å². The highest BCUT2D eigenvalue weighted by atomic mass is 79.9. The van der Waals surface area contributed by atoms with Crippen LogP contribution in [0, 0.1) is 0 Å². The number of aromatic amines is 1. The Kier molecular flexibility index (Phi) is 5.53. The summed E-state index contributed by atoms with van der Waals surface area (Å²) in [6, 6.07) is 7.97. The van der Waals surface area contributed by atoms with Gasteiger partial charge in [-0.1, -0.05) is 6.07 Å². The summed E-state index contributed by atoms with van der Waals surface area (Å²) < 4.78 is 5.60. The van der Waals surface area contributed by atoms with Crippen molar-refractivity contribution in [3.63, 3.8) is 0 Å². The summed E-state index contributed by atoms with van der Waals surface area (Å²) in [7, 11) is 1.52. The number of H-pyrrole nitrogens is 1. The molecule has 0 unspecified atom stereocenters. The fraction of sp³-hybridized carbons (Fsp3) is 0.133. The molecule has 0 aliphatic heterocycles. The molecule has 2 amide bonds. The molecule has 8 heteroatoms. The molecule has 0 saturated heterocycles. The number of carbonyl (C=O) groups is 3. The van der Waals surface area contributed by atoms with Crippen molar-refractivity contribution in [1.82, 2.24) is 10.3 Å². The quantitative estimate of drug-likeness (QED) is 0.690. The third kappa shape index (κ3) is 4.68. The maximum atomic E-state index is 11.8. The molecule has 0 aliphatic carbocycles. The lowest BCUT2D eigenvalue weighted by molar-refractivity contribution is -0.119. The molecule has 0 fully saturated rings. The Morgan fingerprint density at radius 3 is 2.70 bits per heavy atom. The zero-order valence-electron chi connectivity index (χ0n) is 12.2. The van der Waals surface area contributed by atoms with E-state index in [2.05, 4.69) is 31.5 Å². The summed E-state index contributed by atoms with van der Waals surface area (Å²) in [5.74, 6) is -1.40. The van der Waals surface area contributed by atoms with Gasteiger partial charge < -0.3 is 20.4 Å². The predicted molar refractivity (Wildman–Crippen MR) is 87.2 cm³/mol. The van der Waals surface area contributed by atoms with Gasteiger partial charge in [0.2, 0.25) is 0 Å². The molecule has 0 atom stereocenters. The fourth-order valence-electron chi connectivity index (χ4n) is 1.77. The second-order valence-corrected chi connectivity index (χ2v) is 5.43. The van der Waals surface area contributed by atoms with E-state index in [-0.39, 0.29) is 11.6 Å². The number of anilines is 1. The Morgan fingerprint density at radius 1 is 1.26 bits per heavy atom. The largest absolute Gasteiger partial charge is 0.451 e. The van der Waals surface area contributed by atoms with Crippen LogP contribution in [0.3, 0.4) is 0 Å². The van der Waals surface area contributed by atoms with Crippen molar-refractivity contribution in [3.05, 3.63) is 52.3 Å². The number of hydrogen-bond donors (Lipinski definition) is 3. The van der Waals surface area contributed by atoms with Crippen molar-refractivity contribution in [1.29, 1.82) is 0 Å². The number of benzene rings is 1. The molecule has 23 heavy (non-hydrogen) atoms.